The molecule has 24 heavy (non-hydrogen) atoms. The maximum atomic E-state index is 12.0. The number of carbonyl (C=O) groups is 3. The summed E-state index contributed by atoms with van der Waals surface area (Å²) < 4.78 is 0. The summed E-state index contributed by atoms with van der Waals surface area (Å²) >= 11 is 0. The number of nitrogens with zero attached hydrogens (tertiary/aromatic N) is 1. The molecule has 0 spiro atoms. The number of amides is 2. The maximum absolute atomic E-state index is 12.0. The number of hydrogen-bond acceptors (Lipinski definition) is 5. The van der Waals surface area contributed by atoms with Crippen LogP contribution in [0.25, 0.3) is 0 Å². The summed E-state index contributed by atoms with van der Waals surface area (Å²) in [6.07, 6.45) is 0.540. The van der Waals surface area contributed by atoms with Gasteiger partial charge in [0.25, 0.3) is 0 Å². The van der Waals surface area contributed by atoms with Crippen molar-refractivity contribution in [3.05, 3.63) is 0 Å². The Morgan fingerprint density at radius 1 is 1.08 bits per heavy atom. The predicted molar refractivity (Wildman–Crippen MR) is 89.9 cm³/mol. The van der Waals surface area contributed by atoms with Crippen molar-refractivity contribution < 1.29 is 19.5 Å². The van der Waals surface area contributed by atoms with Gasteiger partial charge >= 0.3 is 5.97 Å². The van der Waals surface area contributed by atoms with Gasteiger partial charge in [-0.05, 0) is 25.7 Å². The minimum absolute atomic E-state index is 0.0799. The number of hydrogen-bond donors (Lipinski definition) is 6. The molecule has 0 aliphatic rings. The summed E-state index contributed by atoms with van der Waals surface area (Å²) in [6.45, 7) is 5.29. The van der Waals surface area contributed by atoms with Crippen molar-refractivity contribution in [2.45, 2.75) is 51.7 Å². The predicted octanol–water partition coefficient (Wildman–Crippen LogP) is -1.90. The van der Waals surface area contributed by atoms with E-state index in [9.17, 15) is 14.4 Å². The molecule has 0 heterocycles. The van der Waals surface area contributed by atoms with E-state index in [0.29, 0.717) is 6.42 Å². The van der Waals surface area contributed by atoms with Crippen LogP contribution in [0, 0.1) is 5.92 Å². The van der Waals surface area contributed by atoms with E-state index in [2.05, 4.69) is 15.6 Å². The normalized spacial score (nSPS) is 14.4. The van der Waals surface area contributed by atoms with E-state index in [1.807, 2.05) is 0 Å². The Labute approximate surface area is 141 Å². The highest BCUT2D eigenvalue weighted by molar-refractivity contribution is 5.91. The quantitative estimate of drug-likeness (QED) is 0.152. The minimum Gasteiger partial charge on any atom is -0.480 e. The number of guanidine groups is 1. The van der Waals surface area contributed by atoms with Crippen LogP contribution in [0.4, 0.5) is 0 Å². The first-order valence-electron chi connectivity index (χ1n) is 7.70. The lowest BCUT2D eigenvalue weighted by atomic mass is 10.0. The van der Waals surface area contributed by atoms with Gasteiger partial charge in [0.05, 0.1) is 6.04 Å². The van der Waals surface area contributed by atoms with E-state index in [1.165, 1.54) is 6.92 Å². The van der Waals surface area contributed by atoms with Gasteiger partial charge in [-0.2, -0.15) is 0 Å². The van der Waals surface area contributed by atoms with E-state index < -0.39 is 35.9 Å². The lowest BCUT2D eigenvalue weighted by molar-refractivity contribution is -0.142. The Bertz CT molecular complexity index is 476. The van der Waals surface area contributed by atoms with Gasteiger partial charge in [0.1, 0.15) is 12.1 Å². The molecule has 0 aliphatic carbocycles. The van der Waals surface area contributed by atoms with Crippen molar-refractivity contribution in [3.8, 4) is 0 Å². The molecular formula is C14H28N6O4. The first-order valence-corrected chi connectivity index (χ1v) is 7.70. The second kappa shape index (κ2) is 10.4. The van der Waals surface area contributed by atoms with Gasteiger partial charge < -0.3 is 32.9 Å². The van der Waals surface area contributed by atoms with E-state index >= 15 is 0 Å². The molecule has 3 atom stereocenters. The number of nitrogens with one attached hydrogen (secondary N) is 2. The summed E-state index contributed by atoms with van der Waals surface area (Å²) in [7, 11) is 0. The monoisotopic (exact) mass is 344 g/mol. The molecule has 0 fully saturated rings. The summed E-state index contributed by atoms with van der Waals surface area (Å²) in [6, 6.07) is -2.73. The Morgan fingerprint density at radius 2 is 1.67 bits per heavy atom. The zero-order chi connectivity index (χ0) is 18.9. The molecule has 0 aromatic heterocycles. The third-order valence-electron chi connectivity index (χ3n) is 3.33. The van der Waals surface area contributed by atoms with Gasteiger partial charge in [-0.3, -0.25) is 14.6 Å². The van der Waals surface area contributed by atoms with Gasteiger partial charge in [-0.25, -0.2) is 4.79 Å². The van der Waals surface area contributed by atoms with Crippen LogP contribution in [0.1, 0.15) is 33.6 Å². The van der Waals surface area contributed by atoms with Crippen LogP contribution in [0.15, 0.2) is 4.99 Å². The average Bonchev–Trinajstić information content (AvgIpc) is 2.48. The maximum Gasteiger partial charge on any atom is 0.326 e. The van der Waals surface area contributed by atoms with Crippen LogP contribution in [0.3, 0.4) is 0 Å². The van der Waals surface area contributed by atoms with Crippen molar-refractivity contribution >= 4 is 23.7 Å². The van der Waals surface area contributed by atoms with Gasteiger partial charge in [-0.15, -0.1) is 0 Å². The minimum atomic E-state index is -1.18. The van der Waals surface area contributed by atoms with Crippen LogP contribution in [0.5, 0.6) is 0 Å². The van der Waals surface area contributed by atoms with Gasteiger partial charge in [0, 0.05) is 6.54 Å². The summed E-state index contributed by atoms with van der Waals surface area (Å²) in [5.41, 5.74) is 16.0. The van der Waals surface area contributed by atoms with Gasteiger partial charge in [0.15, 0.2) is 5.96 Å². The Morgan fingerprint density at radius 3 is 2.12 bits per heavy atom. The number of rotatable bonds is 10. The topological polar surface area (TPSA) is 186 Å². The molecule has 2 amide bonds. The van der Waals surface area contributed by atoms with Crippen LogP contribution in [-0.4, -0.2) is 53.5 Å². The zero-order valence-electron chi connectivity index (χ0n) is 14.3. The van der Waals surface area contributed by atoms with Crippen molar-refractivity contribution in [1.82, 2.24) is 10.6 Å². The fraction of sp³-hybridized carbons (Fsp3) is 0.714. The van der Waals surface area contributed by atoms with E-state index in [1.54, 1.807) is 13.8 Å². The van der Waals surface area contributed by atoms with E-state index in [0.717, 1.165) is 0 Å². The van der Waals surface area contributed by atoms with Crippen LogP contribution >= 0.6 is 0 Å². The van der Waals surface area contributed by atoms with Gasteiger partial charge in [0.2, 0.25) is 11.8 Å². The molecular weight excluding hydrogens is 316 g/mol. The van der Waals surface area contributed by atoms with Crippen molar-refractivity contribution in [2.24, 2.45) is 28.1 Å². The Balaban J connectivity index is 4.52. The third-order valence-corrected chi connectivity index (χ3v) is 3.33. The molecule has 10 heteroatoms. The second-order valence-corrected chi connectivity index (χ2v) is 5.85. The van der Waals surface area contributed by atoms with Crippen molar-refractivity contribution in [2.75, 3.05) is 6.54 Å². The molecule has 9 N–H and O–H groups in total. The molecule has 0 aliphatic heterocycles. The number of nitrogens with two attached hydrogens (primary N) is 3. The molecule has 0 radical (unpaired) electrons. The van der Waals surface area contributed by atoms with Crippen molar-refractivity contribution in [3.63, 3.8) is 0 Å². The van der Waals surface area contributed by atoms with E-state index in [-0.39, 0.29) is 24.8 Å². The van der Waals surface area contributed by atoms with E-state index in [4.69, 9.17) is 22.3 Å². The van der Waals surface area contributed by atoms with Crippen LogP contribution in [0.2, 0.25) is 0 Å². The molecule has 0 saturated carbocycles. The molecule has 0 unspecified atom stereocenters. The number of carboxylic acids is 1. The molecule has 0 aromatic rings. The van der Waals surface area contributed by atoms with Crippen LogP contribution in [-0.2, 0) is 14.4 Å². The fourth-order valence-electron chi connectivity index (χ4n) is 1.74. The first kappa shape index (κ1) is 21.6. The SMILES string of the molecule is CC(C)[C@H](N)C(=O)N[C@@H](C)C(=O)N[C@@H](CCCN=C(N)N)C(=O)O. The van der Waals surface area contributed by atoms with Gasteiger partial charge in [-0.1, -0.05) is 13.8 Å². The summed E-state index contributed by atoms with van der Waals surface area (Å²) in [5.74, 6) is -2.41. The highest BCUT2D eigenvalue weighted by Gasteiger charge is 2.25. The zero-order valence-corrected chi connectivity index (χ0v) is 14.3. The standard InChI is InChI=1S/C14H28N6O4/c1-7(2)10(15)12(22)19-8(3)11(21)20-9(13(23)24)5-4-6-18-14(16)17/h7-10H,4-6,15H2,1-3H3,(H,19,22)(H,20,21)(H,23,24)(H4,16,17,18)/t8-,9-,10-/m0/s1. The number of carbonyl (C=O) groups excluding carboxylic acids is 2. The molecule has 0 aromatic carbocycles. The molecule has 10 nitrogen and oxygen atoms in total. The average molecular weight is 344 g/mol. The van der Waals surface area contributed by atoms with Crippen molar-refractivity contribution in [1.29, 1.82) is 0 Å². The molecule has 0 saturated heterocycles. The fourth-order valence-corrected chi connectivity index (χ4v) is 1.74. The molecule has 0 bridgehead atoms. The lowest BCUT2D eigenvalue weighted by Crippen LogP contribution is -2.54. The Hall–Kier alpha value is -2.36. The summed E-state index contributed by atoms with van der Waals surface area (Å²) in [5, 5.41) is 14.0. The first-order chi connectivity index (χ1) is 11.1. The van der Waals surface area contributed by atoms with Crippen LogP contribution < -0.4 is 27.8 Å². The number of aliphatic imine (C=N–C) groups is 1. The number of aliphatic carboxylic acids is 1. The third kappa shape index (κ3) is 8.32. The Kier molecular flexibility index (Phi) is 9.40. The smallest absolute Gasteiger partial charge is 0.326 e. The number of carboxylic acid groups (broad SMARTS) is 1. The second-order valence-electron chi connectivity index (χ2n) is 5.85. The molecule has 0 rings (SSSR count). The molecule has 138 valence electrons. The largest absolute Gasteiger partial charge is 0.480 e. The highest BCUT2D eigenvalue weighted by Crippen LogP contribution is 2.01. The lowest BCUT2D eigenvalue weighted by Gasteiger charge is -2.21. The highest BCUT2D eigenvalue weighted by atomic mass is 16.4. The summed E-state index contributed by atoms with van der Waals surface area (Å²) in [4.78, 5) is 38.8.